The van der Waals surface area contributed by atoms with Crippen LogP contribution < -0.4 is 5.32 Å². The number of nitrogens with zero attached hydrogens (tertiary/aromatic N) is 1. The Morgan fingerprint density at radius 1 is 1.39 bits per heavy atom. The predicted octanol–water partition coefficient (Wildman–Crippen LogP) is 2.39. The summed E-state index contributed by atoms with van der Waals surface area (Å²) in [5.74, 6) is 1.16. The lowest BCUT2D eigenvalue weighted by atomic mass is 9.85. The monoisotopic (exact) mass is 446 g/mol. The summed E-state index contributed by atoms with van der Waals surface area (Å²) < 4.78 is 47.8. The van der Waals surface area contributed by atoms with Crippen LogP contribution in [-0.2, 0) is 29.3 Å². The van der Waals surface area contributed by atoms with Gasteiger partial charge in [-0.15, -0.1) is 15.1 Å². The smallest absolute Gasteiger partial charge is 0.299 e. The van der Waals surface area contributed by atoms with E-state index in [4.69, 9.17) is 4.74 Å². The van der Waals surface area contributed by atoms with Crippen LogP contribution in [-0.4, -0.2) is 48.3 Å². The lowest BCUT2D eigenvalue weighted by Gasteiger charge is -2.44. The number of sulfonamides is 1. The van der Waals surface area contributed by atoms with Crippen LogP contribution in [0.5, 0.6) is 0 Å². The molecule has 4 rings (SSSR count). The second kappa shape index (κ2) is 7.37. The first-order valence-corrected chi connectivity index (χ1v) is 13.8. The zero-order valence-corrected chi connectivity index (χ0v) is 18.3. The van der Waals surface area contributed by atoms with Crippen molar-refractivity contribution in [1.82, 2.24) is 5.32 Å². The Morgan fingerprint density at radius 3 is 2.71 bits per heavy atom. The highest BCUT2D eigenvalue weighted by Crippen LogP contribution is 2.40. The summed E-state index contributed by atoms with van der Waals surface area (Å²) in [4.78, 5) is 12.2. The average Bonchev–Trinajstić information content (AvgIpc) is 3.12. The number of hydrogen-bond donors (Lipinski definition) is 1. The molecular formula is C18H26N2O5S3. The Labute approximate surface area is 170 Å². The van der Waals surface area contributed by atoms with Crippen molar-refractivity contribution >= 4 is 37.0 Å². The molecular weight excluding hydrogens is 420 g/mol. The topological polar surface area (TPSA) is 102 Å². The van der Waals surface area contributed by atoms with Gasteiger partial charge in [-0.2, -0.15) is 8.42 Å². The molecule has 1 aromatic heterocycles. The number of ether oxygens (including phenoxy) is 1. The molecule has 1 saturated carbocycles. The highest BCUT2D eigenvalue weighted by molar-refractivity contribution is 8.04. The zero-order chi connectivity index (χ0) is 20.0. The molecule has 28 heavy (non-hydrogen) atoms. The van der Waals surface area contributed by atoms with Crippen LogP contribution in [0.25, 0.3) is 0 Å². The third-order valence-electron chi connectivity index (χ3n) is 6.02. The number of carbonyl (C=O) groups is 1. The number of rotatable bonds is 4. The quantitative estimate of drug-likeness (QED) is 0.765. The summed E-state index contributed by atoms with van der Waals surface area (Å²) in [6.07, 6.45) is 3.43. The van der Waals surface area contributed by atoms with E-state index < -0.39 is 25.4 Å². The number of nitrogens with one attached hydrogen (secondary N) is 1. The molecule has 2 saturated heterocycles. The molecule has 1 aliphatic carbocycles. The summed E-state index contributed by atoms with van der Waals surface area (Å²) >= 11 is 1.08. The van der Waals surface area contributed by atoms with E-state index in [-0.39, 0.29) is 33.6 Å². The fourth-order valence-electron chi connectivity index (χ4n) is 4.11. The van der Waals surface area contributed by atoms with Crippen molar-refractivity contribution in [1.29, 1.82) is 0 Å². The van der Waals surface area contributed by atoms with Crippen molar-refractivity contribution in [2.75, 3.05) is 18.1 Å². The predicted molar refractivity (Wildman–Crippen MR) is 108 cm³/mol. The van der Waals surface area contributed by atoms with Gasteiger partial charge in [-0.05, 0) is 49.5 Å². The van der Waals surface area contributed by atoms with Crippen LogP contribution in [0.15, 0.2) is 25.5 Å². The summed E-state index contributed by atoms with van der Waals surface area (Å²) in [6.45, 7) is 2.64. The van der Waals surface area contributed by atoms with Gasteiger partial charge in [-0.25, -0.2) is 4.21 Å². The molecule has 0 aromatic carbocycles. The van der Waals surface area contributed by atoms with Gasteiger partial charge >= 0.3 is 0 Å². The Morgan fingerprint density at radius 2 is 2.11 bits per heavy atom. The van der Waals surface area contributed by atoms with Crippen molar-refractivity contribution in [2.24, 2.45) is 15.6 Å². The Bertz CT molecular complexity index is 949. The molecule has 1 N–H and O–H groups in total. The van der Waals surface area contributed by atoms with E-state index in [1.807, 2.05) is 0 Å². The van der Waals surface area contributed by atoms with Crippen molar-refractivity contribution in [3.05, 3.63) is 17.5 Å². The lowest BCUT2D eigenvalue weighted by Crippen LogP contribution is -2.52. The molecule has 3 atom stereocenters. The van der Waals surface area contributed by atoms with Gasteiger partial charge in [0.25, 0.3) is 10.0 Å². The molecule has 0 bridgehead atoms. The lowest BCUT2D eigenvalue weighted by molar-refractivity contribution is -0.127. The van der Waals surface area contributed by atoms with E-state index in [1.54, 1.807) is 11.4 Å². The number of thiophene rings is 1. The third-order valence-corrected chi connectivity index (χ3v) is 11.8. The first-order valence-electron chi connectivity index (χ1n) is 9.67. The van der Waals surface area contributed by atoms with Crippen LogP contribution in [0.1, 0.15) is 39.0 Å². The average molecular weight is 447 g/mol. The Balaban J connectivity index is 1.42. The minimum Gasteiger partial charge on any atom is -0.375 e. The maximum Gasteiger partial charge on any atom is 0.299 e. The van der Waals surface area contributed by atoms with Gasteiger partial charge in [0, 0.05) is 30.1 Å². The van der Waals surface area contributed by atoms with Crippen molar-refractivity contribution in [2.45, 2.75) is 54.9 Å². The van der Waals surface area contributed by atoms with Crippen LogP contribution in [0, 0.1) is 11.8 Å². The van der Waals surface area contributed by atoms with Gasteiger partial charge in [-0.1, -0.05) is 13.0 Å². The number of carbonyl (C=O) groups excluding carboxylic acids is 1. The summed E-state index contributed by atoms with van der Waals surface area (Å²) in [6, 6.07) is 3.19. The molecule has 1 amide bonds. The molecule has 156 valence electrons. The maximum absolute atomic E-state index is 13.1. The van der Waals surface area contributed by atoms with E-state index in [1.165, 1.54) is 6.07 Å². The maximum atomic E-state index is 13.1. The molecule has 2 aliphatic heterocycles. The first kappa shape index (κ1) is 20.3. The SMILES string of the molecule is C[C@@H]1C[C@H]1C(=O)NC1CCOC2(CCS(=O)(=NS(=O)(=O)c3cccs3)CC2)C1. The minimum atomic E-state index is -3.88. The third kappa shape index (κ3) is 4.29. The van der Waals surface area contributed by atoms with Crippen LogP contribution in [0.2, 0.25) is 0 Å². The van der Waals surface area contributed by atoms with Gasteiger partial charge in [0.2, 0.25) is 5.91 Å². The van der Waals surface area contributed by atoms with E-state index in [9.17, 15) is 17.4 Å². The molecule has 3 heterocycles. The molecule has 1 unspecified atom stereocenters. The largest absolute Gasteiger partial charge is 0.375 e. The Hall–Kier alpha value is -0.970. The minimum absolute atomic E-state index is 0.0648. The van der Waals surface area contributed by atoms with Gasteiger partial charge < -0.3 is 10.1 Å². The van der Waals surface area contributed by atoms with Gasteiger partial charge in [0.05, 0.1) is 15.3 Å². The number of amides is 1. The number of hydrogen-bond acceptors (Lipinski definition) is 6. The second-order valence-electron chi connectivity index (χ2n) is 8.21. The normalized spacial score (nSPS) is 38.1. The highest BCUT2D eigenvalue weighted by Gasteiger charge is 2.44. The molecule has 1 spiro atoms. The molecule has 3 aliphatic rings. The molecule has 10 heteroatoms. The van der Waals surface area contributed by atoms with Gasteiger partial charge in [0.15, 0.2) is 0 Å². The van der Waals surface area contributed by atoms with E-state index in [0.29, 0.717) is 31.8 Å². The van der Waals surface area contributed by atoms with E-state index in [2.05, 4.69) is 16.0 Å². The fraction of sp³-hybridized carbons (Fsp3) is 0.722. The van der Waals surface area contributed by atoms with Gasteiger partial charge in [-0.3, -0.25) is 4.79 Å². The van der Waals surface area contributed by atoms with E-state index in [0.717, 1.165) is 24.2 Å². The fourth-order valence-corrected chi connectivity index (χ4v) is 9.65. The molecule has 1 aromatic rings. The molecule has 3 fully saturated rings. The first-order chi connectivity index (χ1) is 13.2. The standard InChI is InChI=1S/C18H26N2O5S3/c1-13-11-15(13)17(21)19-14-4-7-25-18(12-14)5-9-27(22,10-6-18)20-28(23,24)16-3-2-8-26-16/h2-3,8,13-15H,4-7,9-12H2,1H3,(H,19,21)/t13-,14?,15-,18?,27?/m1/s1. The van der Waals surface area contributed by atoms with E-state index >= 15 is 0 Å². The van der Waals surface area contributed by atoms with Crippen LogP contribution in [0.3, 0.4) is 0 Å². The van der Waals surface area contributed by atoms with Gasteiger partial charge in [0.1, 0.15) is 4.21 Å². The van der Waals surface area contributed by atoms with Crippen molar-refractivity contribution in [3.63, 3.8) is 0 Å². The summed E-state index contributed by atoms with van der Waals surface area (Å²) in [5, 5.41) is 4.82. The van der Waals surface area contributed by atoms with Crippen molar-refractivity contribution < 1.29 is 22.2 Å². The van der Waals surface area contributed by atoms with Crippen LogP contribution >= 0.6 is 11.3 Å². The van der Waals surface area contributed by atoms with Crippen LogP contribution in [0.4, 0.5) is 0 Å². The summed E-state index contributed by atoms with van der Waals surface area (Å²) in [7, 11) is -6.71. The Kier molecular flexibility index (Phi) is 5.35. The molecule has 0 radical (unpaired) electrons. The van der Waals surface area contributed by atoms with Crippen molar-refractivity contribution in [3.8, 4) is 0 Å². The molecule has 7 nitrogen and oxygen atoms in total. The summed E-state index contributed by atoms with van der Waals surface area (Å²) in [5.41, 5.74) is -0.436. The second-order valence-corrected chi connectivity index (χ2v) is 13.8. The zero-order valence-electron chi connectivity index (χ0n) is 15.8. The highest BCUT2D eigenvalue weighted by atomic mass is 32.3.